The summed E-state index contributed by atoms with van der Waals surface area (Å²) in [4.78, 5) is 36.6. The smallest absolute Gasteiger partial charge is 0.352 e. The number of hydrogen-bond donors (Lipinski definition) is 3. The Morgan fingerprint density at radius 1 is 1.20 bits per heavy atom. The van der Waals surface area contributed by atoms with Crippen LogP contribution >= 0.6 is 0 Å². The van der Waals surface area contributed by atoms with E-state index in [1.807, 2.05) is 6.92 Å². The van der Waals surface area contributed by atoms with Crippen molar-refractivity contribution in [3.8, 4) is 0 Å². The Morgan fingerprint density at radius 3 is 2.20 bits per heavy atom. The number of nitrogens with zero attached hydrogens (tertiary/aromatic N) is 1. The van der Waals surface area contributed by atoms with Crippen LogP contribution in [0.1, 0.15) is 29.8 Å². The van der Waals surface area contributed by atoms with Crippen molar-refractivity contribution in [2.75, 3.05) is 0 Å². The third kappa shape index (κ3) is 3.62. The molecule has 1 aliphatic rings. The molecule has 3 atom stereocenters. The Morgan fingerprint density at radius 2 is 1.76 bits per heavy atom. The molecular weight excluding hydrogens is 348 g/mol. The minimum absolute atomic E-state index is 0.292. The van der Waals surface area contributed by atoms with Gasteiger partial charge in [0.05, 0.1) is 0 Å². The van der Waals surface area contributed by atoms with Crippen LogP contribution in [0.25, 0.3) is 0 Å². The summed E-state index contributed by atoms with van der Waals surface area (Å²) in [6, 6.07) is 5.30. The molecule has 1 heterocycles. The van der Waals surface area contributed by atoms with Gasteiger partial charge in [0.25, 0.3) is 11.8 Å². The van der Waals surface area contributed by atoms with Gasteiger partial charge in [0.15, 0.2) is 16.5 Å². The van der Waals surface area contributed by atoms with E-state index in [4.69, 9.17) is 0 Å². The molecule has 2 amide bonds. The fraction of sp³-hybridized carbons (Fsp3) is 0.312. The van der Waals surface area contributed by atoms with Crippen LogP contribution in [0, 0.1) is 6.92 Å². The SMILES string of the molecule is CC(C)=C(C(=O)O)N1C(=O)C(NC(=O)c2ccc(C)cc2)C1S(=O)O. The largest absolute Gasteiger partial charge is 0.477 e. The van der Waals surface area contributed by atoms with Crippen LogP contribution in [-0.4, -0.2) is 48.0 Å². The number of hydrogen-bond acceptors (Lipinski definition) is 4. The van der Waals surface area contributed by atoms with Crippen molar-refractivity contribution in [1.29, 1.82) is 0 Å². The zero-order valence-corrected chi connectivity index (χ0v) is 14.7. The maximum atomic E-state index is 12.3. The van der Waals surface area contributed by atoms with E-state index >= 15 is 0 Å². The lowest BCUT2D eigenvalue weighted by Crippen LogP contribution is -2.72. The van der Waals surface area contributed by atoms with Crippen LogP contribution in [0.2, 0.25) is 0 Å². The number of nitrogens with one attached hydrogen (secondary N) is 1. The van der Waals surface area contributed by atoms with Crippen LogP contribution < -0.4 is 5.32 Å². The minimum Gasteiger partial charge on any atom is -0.477 e. The van der Waals surface area contributed by atoms with Crippen molar-refractivity contribution >= 4 is 28.9 Å². The first-order valence-electron chi connectivity index (χ1n) is 7.36. The highest BCUT2D eigenvalue weighted by Crippen LogP contribution is 2.29. The van der Waals surface area contributed by atoms with Gasteiger partial charge in [-0.25, -0.2) is 9.00 Å². The van der Waals surface area contributed by atoms with Crippen LogP contribution in [0.3, 0.4) is 0 Å². The Hall–Kier alpha value is -2.52. The van der Waals surface area contributed by atoms with Gasteiger partial charge in [-0.3, -0.25) is 14.5 Å². The predicted molar refractivity (Wildman–Crippen MR) is 89.8 cm³/mol. The topological polar surface area (TPSA) is 124 Å². The van der Waals surface area contributed by atoms with Crippen LogP contribution in [-0.2, 0) is 20.7 Å². The Labute approximate surface area is 146 Å². The van der Waals surface area contributed by atoms with Crippen molar-refractivity contribution in [3.05, 3.63) is 46.7 Å². The van der Waals surface area contributed by atoms with E-state index in [1.54, 1.807) is 24.3 Å². The van der Waals surface area contributed by atoms with Crippen molar-refractivity contribution in [2.45, 2.75) is 32.2 Å². The predicted octanol–water partition coefficient (Wildman–Crippen LogP) is 0.862. The summed E-state index contributed by atoms with van der Waals surface area (Å²) in [5.41, 5.74) is 1.18. The lowest BCUT2D eigenvalue weighted by molar-refractivity contribution is -0.149. The number of likely N-dealkylation sites (tertiary alicyclic amines) is 1. The first kappa shape index (κ1) is 18.8. The number of allylic oxidation sites excluding steroid dienone is 1. The molecule has 8 nitrogen and oxygen atoms in total. The number of rotatable bonds is 5. The summed E-state index contributed by atoms with van der Waals surface area (Å²) in [7, 11) is 0. The van der Waals surface area contributed by atoms with E-state index in [0.29, 0.717) is 11.1 Å². The van der Waals surface area contributed by atoms with Gasteiger partial charge < -0.3 is 15.0 Å². The van der Waals surface area contributed by atoms with Gasteiger partial charge in [-0.2, -0.15) is 0 Å². The Bertz CT molecular complexity index is 782. The molecule has 1 aliphatic heterocycles. The highest BCUT2D eigenvalue weighted by molar-refractivity contribution is 7.80. The molecule has 2 rings (SSSR count). The maximum Gasteiger partial charge on any atom is 0.352 e. The molecule has 0 spiro atoms. The third-order valence-corrected chi connectivity index (χ3v) is 4.66. The molecule has 0 radical (unpaired) electrons. The molecule has 134 valence electrons. The molecular formula is C16H18N2O6S. The number of carbonyl (C=O) groups is 3. The maximum absolute atomic E-state index is 12.3. The second-order valence-electron chi connectivity index (χ2n) is 5.85. The summed E-state index contributed by atoms with van der Waals surface area (Å²) in [5.74, 6) is -2.71. The summed E-state index contributed by atoms with van der Waals surface area (Å²) < 4.78 is 21.1. The van der Waals surface area contributed by atoms with Crippen LogP contribution in [0.15, 0.2) is 35.5 Å². The second kappa shape index (κ2) is 7.16. The molecule has 25 heavy (non-hydrogen) atoms. The first-order valence-corrected chi connectivity index (χ1v) is 8.53. The molecule has 3 unspecified atom stereocenters. The minimum atomic E-state index is -2.54. The van der Waals surface area contributed by atoms with Gasteiger partial charge in [-0.1, -0.05) is 17.7 Å². The van der Waals surface area contributed by atoms with Gasteiger partial charge in [0.2, 0.25) is 0 Å². The van der Waals surface area contributed by atoms with Crippen molar-refractivity contribution < 1.29 is 28.3 Å². The van der Waals surface area contributed by atoms with Crippen LogP contribution in [0.4, 0.5) is 0 Å². The molecule has 3 N–H and O–H groups in total. The third-order valence-electron chi connectivity index (χ3n) is 3.77. The lowest BCUT2D eigenvalue weighted by atomic mass is 10.0. The average Bonchev–Trinajstić information content (AvgIpc) is 2.52. The molecule has 0 aromatic heterocycles. The normalized spacial score (nSPS) is 20.5. The number of amides is 2. The molecule has 9 heteroatoms. The Balaban J connectivity index is 2.25. The zero-order valence-electron chi connectivity index (χ0n) is 13.8. The standard InChI is InChI=1S/C16H18N2O6S/c1-8(2)12(16(21)22)18-14(20)11(15(18)25(23)24)17-13(19)10-6-4-9(3)5-7-10/h4-7,11,15H,1-3H3,(H,17,19)(H,21,22)(H,23,24). The van der Waals surface area contributed by atoms with E-state index in [9.17, 15) is 28.3 Å². The van der Waals surface area contributed by atoms with Crippen molar-refractivity contribution in [1.82, 2.24) is 10.2 Å². The van der Waals surface area contributed by atoms with Crippen molar-refractivity contribution in [3.63, 3.8) is 0 Å². The van der Waals surface area contributed by atoms with Gasteiger partial charge in [0.1, 0.15) is 11.7 Å². The summed E-state index contributed by atoms with van der Waals surface area (Å²) in [6.45, 7) is 4.81. The molecule has 0 bridgehead atoms. The number of carbonyl (C=O) groups excluding carboxylic acids is 2. The van der Waals surface area contributed by atoms with Gasteiger partial charge in [-0.15, -0.1) is 0 Å². The summed E-state index contributed by atoms with van der Waals surface area (Å²) in [6.07, 6.45) is 0. The first-order chi connectivity index (χ1) is 11.6. The number of carboxylic acid groups (broad SMARTS) is 1. The number of benzene rings is 1. The number of aryl methyl sites for hydroxylation is 1. The highest BCUT2D eigenvalue weighted by Gasteiger charge is 2.54. The second-order valence-corrected chi connectivity index (χ2v) is 6.88. The molecule has 0 aliphatic carbocycles. The monoisotopic (exact) mass is 366 g/mol. The van der Waals surface area contributed by atoms with Crippen LogP contribution in [0.5, 0.6) is 0 Å². The Kier molecular flexibility index (Phi) is 5.39. The number of β-lactam (4-membered cyclic amide) rings is 1. The van der Waals surface area contributed by atoms with E-state index in [-0.39, 0.29) is 5.70 Å². The molecule has 0 saturated carbocycles. The van der Waals surface area contributed by atoms with Crippen molar-refractivity contribution in [2.24, 2.45) is 0 Å². The van der Waals surface area contributed by atoms with E-state index < -0.39 is 40.3 Å². The van der Waals surface area contributed by atoms with Gasteiger partial charge >= 0.3 is 5.97 Å². The van der Waals surface area contributed by atoms with Gasteiger partial charge in [-0.05, 0) is 38.5 Å². The number of aliphatic carboxylic acids is 1. The zero-order chi connectivity index (χ0) is 18.9. The summed E-state index contributed by atoms with van der Waals surface area (Å²) in [5, 5.41) is 10.3. The van der Waals surface area contributed by atoms with E-state index in [1.165, 1.54) is 13.8 Å². The van der Waals surface area contributed by atoms with E-state index in [2.05, 4.69) is 5.32 Å². The lowest BCUT2D eigenvalue weighted by Gasteiger charge is -2.45. The summed E-state index contributed by atoms with van der Waals surface area (Å²) >= 11 is -2.54. The van der Waals surface area contributed by atoms with Gasteiger partial charge in [0, 0.05) is 5.56 Å². The molecule has 1 aromatic rings. The molecule has 1 fully saturated rings. The molecule has 1 saturated heterocycles. The fourth-order valence-electron chi connectivity index (χ4n) is 2.53. The van der Waals surface area contributed by atoms with E-state index in [0.717, 1.165) is 10.5 Å². The number of carboxylic acids is 1. The average molecular weight is 366 g/mol. The molecule has 1 aromatic carbocycles. The fourth-order valence-corrected chi connectivity index (χ4v) is 3.34. The highest BCUT2D eigenvalue weighted by atomic mass is 32.2. The quantitative estimate of drug-likeness (QED) is 0.403.